The Morgan fingerprint density at radius 1 is 0.909 bits per heavy atom. The van der Waals surface area contributed by atoms with Crippen molar-refractivity contribution in [3.05, 3.63) is 34.9 Å². The first-order valence-corrected chi connectivity index (χ1v) is 13.7. The van der Waals surface area contributed by atoms with Gasteiger partial charge in [-0.15, -0.1) is 0 Å². The lowest BCUT2D eigenvalue weighted by Crippen LogP contribution is -2.57. The van der Waals surface area contributed by atoms with Crippen LogP contribution in [0.3, 0.4) is 0 Å². The highest BCUT2D eigenvalue weighted by atomic mass is 35.5. The summed E-state index contributed by atoms with van der Waals surface area (Å²) in [4.78, 5) is 20.4. The van der Waals surface area contributed by atoms with Crippen LogP contribution in [0.4, 0.5) is 0 Å². The van der Waals surface area contributed by atoms with E-state index in [4.69, 9.17) is 17.3 Å². The fourth-order valence-electron chi connectivity index (χ4n) is 6.09. The number of rotatable bonds is 8. The van der Waals surface area contributed by atoms with E-state index >= 15 is 0 Å². The molecule has 184 valence electrons. The van der Waals surface area contributed by atoms with Gasteiger partial charge < -0.3 is 15.5 Å². The summed E-state index contributed by atoms with van der Waals surface area (Å²) in [5.74, 6) is 0.977. The number of hydrogen-bond acceptors (Lipinski definition) is 4. The Balaban J connectivity index is 1.30. The van der Waals surface area contributed by atoms with Gasteiger partial charge >= 0.3 is 0 Å². The topological polar surface area (TPSA) is 52.8 Å². The molecule has 1 saturated carbocycles. The molecule has 0 radical (unpaired) electrons. The third-order valence-corrected chi connectivity index (χ3v) is 8.33. The van der Waals surface area contributed by atoms with Crippen LogP contribution in [0.25, 0.3) is 0 Å². The van der Waals surface area contributed by atoms with Crippen LogP contribution in [0.15, 0.2) is 24.3 Å². The number of nitrogens with zero attached hydrogens (tertiary/aromatic N) is 3. The average Bonchev–Trinajstić information content (AvgIpc) is 2.86. The van der Waals surface area contributed by atoms with Crippen LogP contribution >= 0.6 is 11.6 Å². The fourth-order valence-corrected chi connectivity index (χ4v) is 6.22. The van der Waals surface area contributed by atoms with Gasteiger partial charge in [-0.1, -0.05) is 62.3 Å². The van der Waals surface area contributed by atoms with Crippen LogP contribution in [0.1, 0.15) is 63.4 Å². The largest absolute Gasteiger partial charge is 0.339 e. The molecule has 1 aromatic carbocycles. The van der Waals surface area contributed by atoms with Crippen LogP contribution in [-0.2, 0) is 11.2 Å². The molecule has 0 bridgehead atoms. The number of piperazine rings is 1. The first-order valence-electron chi connectivity index (χ1n) is 13.3. The zero-order chi connectivity index (χ0) is 23.0. The van der Waals surface area contributed by atoms with E-state index in [-0.39, 0.29) is 5.91 Å². The molecule has 6 heteroatoms. The molecule has 0 spiro atoms. The second-order valence-electron chi connectivity index (χ2n) is 10.6. The number of carbonyl (C=O) groups is 1. The van der Waals surface area contributed by atoms with E-state index in [0.29, 0.717) is 17.5 Å². The third kappa shape index (κ3) is 7.42. The molecular weight excluding hydrogens is 432 g/mol. The molecule has 5 nitrogen and oxygen atoms in total. The van der Waals surface area contributed by atoms with E-state index in [9.17, 15) is 4.79 Å². The summed E-state index contributed by atoms with van der Waals surface area (Å²) in [5, 5.41) is 0.710. The molecule has 4 rings (SSSR count). The Hall–Kier alpha value is -1.14. The van der Waals surface area contributed by atoms with Crippen LogP contribution in [0.2, 0.25) is 5.02 Å². The number of benzene rings is 1. The molecule has 2 unspecified atom stereocenters. The van der Waals surface area contributed by atoms with Crippen molar-refractivity contribution < 1.29 is 4.79 Å². The van der Waals surface area contributed by atoms with Crippen LogP contribution in [-0.4, -0.2) is 78.5 Å². The van der Waals surface area contributed by atoms with Gasteiger partial charge in [0.05, 0.1) is 6.04 Å². The van der Waals surface area contributed by atoms with Crippen LogP contribution in [0, 0.1) is 5.92 Å². The summed E-state index contributed by atoms with van der Waals surface area (Å²) in [7, 11) is 0. The Morgan fingerprint density at radius 2 is 1.55 bits per heavy atom. The van der Waals surface area contributed by atoms with E-state index in [1.807, 2.05) is 29.2 Å². The van der Waals surface area contributed by atoms with Gasteiger partial charge in [-0.2, -0.15) is 0 Å². The lowest BCUT2D eigenvalue weighted by atomic mass is 9.84. The monoisotopic (exact) mass is 474 g/mol. The quantitative estimate of drug-likeness (QED) is 0.614. The molecule has 1 aliphatic carbocycles. The molecule has 2 N–H and O–H groups in total. The Labute approximate surface area is 205 Å². The van der Waals surface area contributed by atoms with Crippen molar-refractivity contribution in [1.82, 2.24) is 14.7 Å². The Kier molecular flexibility index (Phi) is 9.48. The van der Waals surface area contributed by atoms with Crippen molar-refractivity contribution >= 4 is 17.5 Å². The summed E-state index contributed by atoms with van der Waals surface area (Å²) in [6.07, 6.45) is 13.1. The van der Waals surface area contributed by atoms with Gasteiger partial charge in [0.25, 0.3) is 0 Å². The third-order valence-electron chi connectivity index (χ3n) is 8.08. The number of nitrogens with two attached hydrogens (primary N) is 1. The van der Waals surface area contributed by atoms with Gasteiger partial charge in [-0.3, -0.25) is 9.69 Å². The van der Waals surface area contributed by atoms with Gasteiger partial charge in [0.2, 0.25) is 5.91 Å². The zero-order valence-electron chi connectivity index (χ0n) is 20.3. The molecule has 3 fully saturated rings. The molecule has 2 saturated heterocycles. The van der Waals surface area contributed by atoms with Gasteiger partial charge in [0.15, 0.2) is 0 Å². The fraction of sp³-hybridized carbons (Fsp3) is 0.741. The predicted molar refractivity (Wildman–Crippen MR) is 137 cm³/mol. The van der Waals surface area contributed by atoms with E-state index < -0.39 is 6.04 Å². The lowest BCUT2D eigenvalue weighted by Gasteiger charge is -2.43. The summed E-state index contributed by atoms with van der Waals surface area (Å²) in [5.41, 5.74) is 7.38. The minimum atomic E-state index is -0.482. The smallest absolute Gasteiger partial charge is 0.239 e. The number of carbonyl (C=O) groups excluding carboxylic acids is 1. The minimum Gasteiger partial charge on any atom is -0.339 e. The zero-order valence-corrected chi connectivity index (χ0v) is 21.0. The number of piperidine rings is 1. The first kappa shape index (κ1) is 25.0. The summed E-state index contributed by atoms with van der Waals surface area (Å²) < 4.78 is 0. The minimum absolute atomic E-state index is 0.0875. The molecule has 2 aliphatic heterocycles. The van der Waals surface area contributed by atoms with Crippen molar-refractivity contribution in [2.45, 2.75) is 76.3 Å². The second-order valence-corrected chi connectivity index (χ2v) is 11.0. The van der Waals surface area contributed by atoms with E-state index in [1.165, 1.54) is 77.4 Å². The Bertz CT molecular complexity index is 702. The van der Waals surface area contributed by atoms with Gasteiger partial charge in [-0.25, -0.2) is 0 Å². The van der Waals surface area contributed by atoms with Gasteiger partial charge in [0, 0.05) is 43.8 Å². The van der Waals surface area contributed by atoms with Crippen LogP contribution in [0.5, 0.6) is 0 Å². The molecule has 33 heavy (non-hydrogen) atoms. The molecule has 2 atom stereocenters. The van der Waals surface area contributed by atoms with Crippen molar-refractivity contribution in [1.29, 1.82) is 0 Å². The molecule has 0 aromatic heterocycles. The molecular formula is C27H43ClN4O. The van der Waals surface area contributed by atoms with Crippen molar-refractivity contribution in [2.24, 2.45) is 11.7 Å². The first-order chi connectivity index (χ1) is 16.1. The van der Waals surface area contributed by atoms with Gasteiger partial charge in [-0.05, 0) is 62.4 Å². The summed E-state index contributed by atoms with van der Waals surface area (Å²) >= 11 is 5.98. The molecule has 2 heterocycles. The maximum absolute atomic E-state index is 13.0. The lowest BCUT2D eigenvalue weighted by molar-refractivity contribution is -0.134. The number of halogens is 1. The summed E-state index contributed by atoms with van der Waals surface area (Å²) in [6.45, 7) is 7.29. The highest BCUT2D eigenvalue weighted by molar-refractivity contribution is 6.30. The van der Waals surface area contributed by atoms with E-state index in [0.717, 1.165) is 37.7 Å². The predicted octanol–water partition coefficient (Wildman–Crippen LogP) is 4.18. The van der Waals surface area contributed by atoms with Crippen molar-refractivity contribution in [3.8, 4) is 0 Å². The van der Waals surface area contributed by atoms with E-state index in [2.05, 4.69) is 9.80 Å². The molecule has 3 aliphatic rings. The molecule has 1 amide bonds. The molecule has 1 aromatic rings. The maximum Gasteiger partial charge on any atom is 0.239 e. The van der Waals surface area contributed by atoms with Crippen LogP contribution < -0.4 is 5.73 Å². The second kappa shape index (κ2) is 12.5. The van der Waals surface area contributed by atoms with E-state index in [1.54, 1.807) is 0 Å². The number of amides is 1. The van der Waals surface area contributed by atoms with Gasteiger partial charge in [0.1, 0.15) is 0 Å². The maximum atomic E-state index is 13.0. The highest BCUT2D eigenvalue weighted by Crippen LogP contribution is 2.29. The average molecular weight is 475 g/mol. The normalized spacial score (nSPS) is 23.4. The highest BCUT2D eigenvalue weighted by Gasteiger charge is 2.31. The van der Waals surface area contributed by atoms with Crippen molar-refractivity contribution in [3.63, 3.8) is 0 Å². The summed E-state index contributed by atoms with van der Waals surface area (Å²) in [6, 6.07) is 7.80. The Morgan fingerprint density at radius 3 is 2.21 bits per heavy atom. The standard InChI is InChI=1S/C27H43ClN4O/c28-24-11-9-23(10-12-24)20-26(29)27(33)32-17-15-31(16-18-32)25(19-22-7-3-1-4-8-22)21-30-13-5-2-6-14-30/h9-12,22,25-26H,1-8,13-21,29H2. The van der Waals surface area contributed by atoms with Crippen molar-refractivity contribution in [2.75, 3.05) is 45.8 Å². The SMILES string of the molecule is NC(Cc1ccc(Cl)cc1)C(=O)N1CCN(C(CC2CCCCC2)CN2CCCCC2)CC1. The number of hydrogen-bond donors (Lipinski definition) is 1. The number of likely N-dealkylation sites (tertiary alicyclic amines) is 1.